The Morgan fingerprint density at radius 3 is 2.59 bits per heavy atom. The summed E-state index contributed by atoms with van der Waals surface area (Å²) < 4.78 is 47.8. The zero-order chi connectivity index (χ0) is 36.8. The number of rotatable bonds is 7. The highest BCUT2D eigenvalue weighted by Crippen LogP contribution is 2.34. The van der Waals surface area contributed by atoms with E-state index in [0.717, 1.165) is 28.3 Å². The van der Waals surface area contributed by atoms with Crippen LogP contribution >= 0.6 is 11.6 Å². The third-order valence-electron chi connectivity index (χ3n) is 9.30. The Morgan fingerprint density at radius 1 is 1.16 bits per heavy atom. The molecule has 2 atom stereocenters. The lowest BCUT2D eigenvalue weighted by molar-refractivity contribution is -0.137. The molecule has 270 valence electrons. The van der Waals surface area contributed by atoms with E-state index in [9.17, 15) is 32.7 Å². The van der Waals surface area contributed by atoms with E-state index in [1.807, 2.05) is 31.7 Å². The standard InChI is InChI=1S/C33H35ClF3N9O5/c1-5-24-27(43-10-11-44(19(4)18(43)3)30(49)26-28(48)17(2)38-16-39-26)31(50)46-32(41-29(42-46)20-8-12-51-13-9-20)45(24)15-25(47)40-23-7-6-21(14-22(23)34)33(35,36)37/h6-8,14,16,18-19,48H,5,9-13,15H2,1-4H3,(H,40,47)/t18-,19-/m1/s1. The number of alkyl halides is 3. The number of aromatic nitrogens is 6. The molecule has 5 heterocycles. The van der Waals surface area contributed by atoms with Crippen molar-refractivity contribution in [3.63, 3.8) is 0 Å². The lowest BCUT2D eigenvalue weighted by atomic mass is 10.0. The van der Waals surface area contributed by atoms with Gasteiger partial charge in [0.05, 0.1) is 40.9 Å². The quantitative estimate of drug-likeness (QED) is 0.284. The Kier molecular flexibility index (Phi) is 9.78. The average Bonchev–Trinajstić information content (AvgIpc) is 3.55. The molecule has 3 aromatic heterocycles. The molecule has 2 amide bonds. The number of amides is 2. The second-order valence-corrected chi connectivity index (χ2v) is 12.7. The number of piperazine rings is 1. The smallest absolute Gasteiger partial charge is 0.416 e. The van der Waals surface area contributed by atoms with Gasteiger partial charge in [0.25, 0.3) is 11.5 Å². The van der Waals surface area contributed by atoms with Gasteiger partial charge in [0.15, 0.2) is 17.3 Å². The lowest BCUT2D eigenvalue weighted by Gasteiger charge is -2.46. The normalized spacial score (nSPS) is 18.2. The van der Waals surface area contributed by atoms with Gasteiger partial charge in [0, 0.05) is 25.2 Å². The summed E-state index contributed by atoms with van der Waals surface area (Å²) in [6, 6.07) is 1.74. The Labute approximate surface area is 294 Å². The lowest BCUT2D eigenvalue weighted by Crippen LogP contribution is -2.60. The van der Waals surface area contributed by atoms with Crippen molar-refractivity contribution < 1.29 is 32.6 Å². The zero-order valence-corrected chi connectivity index (χ0v) is 28.9. The third-order valence-corrected chi connectivity index (χ3v) is 9.62. The first-order valence-electron chi connectivity index (χ1n) is 16.3. The summed E-state index contributed by atoms with van der Waals surface area (Å²) in [6.07, 6.45) is -0.789. The molecule has 18 heteroatoms. The minimum Gasteiger partial charge on any atom is -0.504 e. The monoisotopic (exact) mass is 729 g/mol. The van der Waals surface area contributed by atoms with Crippen molar-refractivity contribution in [2.45, 2.75) is 65.3 Å². The minimum absolute atomic E-state index is 0.0207. The molecule has 0 radical (unpaired) electrons. The first-order valence-corrected chi connectivity index (χ1v) is 16.6. The number of carbonyl (C=O) groups is 2. The number of anilines is 2. The highest BCUT2D eigenvalue weighted by atomic mass is 35.5. The zero-order valence-electron chi connectivity index (χ0n) is 28.2. The number of fused-ring (bicyclic) bond motifs is 1. The molecule has 0 spiro atoms. The topological polar surface area (TPSA) is 160 Å². The Bertz CT molecular complexity index is 2120. The second-order valence-electron chi connectivity index (χ2n) is 12.3. The van der Waals surface area contributed by atoms with Gasteiger partial charge in [-0.1, -0.05) is 24.6 Å². The van der Waals surface area contributed by atoms with Crippen LogP contribution in [-0.2, 0) is 28.7 Å². The van der Waals surface area contributed by atoms with E-state index >= 15 is 0 Å². The maximum absolute atomic E-state index is 14.4. The molecule has 2 aliphatic heterocycles. The summed E-state index contributed by atoms with van der Waals surface area (Å²) in [5.74, 6) is -1.02. The van der Waals surface area contributed by atoms with Gasteiger partial charge >= 0.3 is 6.18 Å². The molecule has 6 rings (SSSR count). The predicted molar refractivity (Wildman–Crippen MR) is 181 cm³/mol. The van der Waals surface area contributed by atoms with Crippen molar-refractivity contribution in [2.75, 3.05) is 36.5 Å². The maximum atomic E-state index is 14.4. The van der Waals surface area contributed by atoms with Gasteiger partial charge in [0.2, 0.25) is 11.7 Å². The van der Waals surface area contributed by atoms with Crippen molar-refractivity contribution in [3.05, 3.63) is 74.4 Å². The molecule has 1 aromatic carbocycles. The molecular weight excluding hydrogens is 695 g/mol. The van der Waals surface area contributed by atoms with Crippen molar-refractivity contribution in [1.82, 2.24) is 34.0 Å². The van der Waals surface area contributed by atoms with E-state index < -0.39 is 41.2 Å². The average molecular weight is 730 g/mol. The summed E-state index contributed by atoms with van der Waals surface area (Å²) in [4.78, 5) is 57.6. The molecule has 0 saturated carbocycles. The van der Waals surface area contributed by atoms with Crippen molar-refractivity contribution in [3.8, 4) is 5.75 Å². The summed E-state index contributed by atoms with van der Waals surface area (Å²) in [6.45, 7) is 7.88. The van der Waals surface area contributed by atoms with E-state index in [1.165, 1.54) is 6.33 Å². The Balaban J connectivity index is 1.40. The number of aryl methyl sites for hydroxylation is 1. The van der Waals surface area contributed by atoms with Gasteiger partial charge in [-0.2, -0.15) is 22.7 Å². The van der Waals surface area contributed by atoms with Crippen molar-refractivity contribution >= 4 is 46.1 Å². The van der Waals surface area contributed by atoms with Crippen molar-refractivity contribution in [2.24, 2.45) is 0 Å². The van der Waals surface area contributed by atoms with Gasteiger partial charge in [-0.25, -0.2) is 9.97 Å². The van der Waals surface area contributed by atoms with Gasteiger partial charge in [-0.3, -0.25) is 14.4 Å². The van der Waals surface area contributed by atoms with Crippen molar-refractivity contribution in [1.29, 1.82) is 0 Å². The van der Waals surface area contributed by atoms with Crippen LogP contribution in [0.25, 0.3) is 11.4 Å². The number of nitrogens with zero attached hydrogens (tertiary/aromatic N) is 8. The van der Waals surface area contributed by atoms with Crippen LogP contribution < -0.4 is 15.8 Å². The fourth-order valence-corrected chi connectivity index (χ4v) is 6.63. The van der Waals surface area contributed by atoms with Gasteiger partial charge in [-0.05, 0) is 57.4 Å². The van der Waals surface area contributed by atoms with Crippen LogP contribution in [0.4, 0.5) is 24.5 Å². The molecule has 1 fully saturated rings. The maximum Gasteiger partial charge on any atom is 0.416 e. The molecule has 0 aliphatic carbocycles. The van der Waals surface area contributed by atoms with E-state index in [4.69, 9.17) is 16.3 Å². The minimum atomic E-state index is -4.62. The number of hydrogen-bond donors (Lipinski definition) is 2. The molecule has 4 aromatic rings. The largest absolute Gasteiger partial charge is 0.504 e. The Morgan fingerprint density at radius 2 is 1.92 bits per heavy atom. The van der Waals surface area contributed by atoms with E-state index in [2.05, 4.69) is 25.4 Å². The predicted octanol–water partition coefficient (Wildman–Crippen LogP) is 4.11. The fourth-order valence-electron chi connectivity index (χ4n) is 6.40. The number of halogens is 4. The highest BCUT2D eigenvalue weighted by Gasteiger charge is 2.38. The number of carbonyl (C=O) groups excluding carboxylic acids is 2. The molecule has 2 aliphatic rings. The summed E-state index contributed by atoms with van der Waals surface area (Å²) in [7, 11) is 0. The summed E-state index contributed by atoms with van der Waals surface area (Å²) in [5, 5.41) is 17.4. The van der Waals surface area contributed by atoms with Gasteiger partial charge in [-0.15, -0.1) is 5.10 Å². The molecule has 1 saturated heterocycles. The van der Waals surface area contributed by atoms with Crippen LogP contribution in [0.1, 0.15) is 60.5 Å². The van der Waals surface area contributed by atoms with Crippen LogP contribution in [0.15, 0.2) is 35.4 Å². The van der Waals surface area contributed by atoms with Crippen LogP contribution in [0.2, 0.25) is 5.02 Å². The number of nitrogens with one attached hydrogen (secondary N) is 1. The fraction of sp³-hybridized carbons (Fsp3) is 0.424. The molecular formula is C33H35ClF3N9O5. The second kappa shape index (κ2) is 13.9. The van der Waals surface area contributed by atoms with Crippen LogP contribution in [-0.4, -0.2) is 89.3 Å². The van der Waals surface area contributed by atoms with Crippen LogP contribution in [0.3, 0.4) is 0 Å². The number of ether oxygens (including phenoxy) is 1. The van der Waals surface area contributed by atoms with Crippen LogP contribution in [0.5, 0.6) is 5.75 Å². The third kappa shape index (κ3) is 6.74. The van der Waals surface area contributed by atoms with Gasteiger partial charge < -0.3 is 29.5 Å². The highest BCUT2D eigenvalue weighted by molar-refractivity contribution is 6.33. The molecule has 51 heavy (non-hydrogen) atoms. The Hall–Kier alpha value is -5.03. The molecule has 14 nitrogen and oxygen atoms in total. The van der Waals surface area contributed by atoms with E-state index in [0.29, 0.717) is 31.2 Å². The summed E-state index contributed by atoms with van der Waals surface area (Å²) in [5.41, 5.74) is 0.185. The number of aromatic hydroxyl groups is 1. The number of hydrogen-bond acceptors (Lipinski definition) is 10. The number of benzene rings is 1. The van der Waals surface area contributed by atoms with E-state index in [-0.39, 0.29) is 65.4 Å². The molecule has 0 bridgehead atoms. The van der Waals surface area contributed by atoms with Gasteiger partial charge in [0.1, 0.15) is 18.6 Å². The van der Waals surface area contributed by atoms with Crippen LogP contribution in [0, 0.1) is 6.92 Å². The molecule has 2 N–H and O–H groups in total. The summed E-state index contributed by atoms with van der Waals surface area (Å²) >= 11 is 6.13. The van der Waals surface area contributed by atoms with E-state index in [1.54, 1.807) is 16.4 Å². The first kappa shape index (κ1) is 35.8. The molecule has 0 unspecified atom stereocenters. The first-order chi connectivity index (χ1) is 24.2. The SMILES string of the molecule is CCc1c(N2CCN(C(=O)c3ncnc(C)c3O)[C@H](C)[C@H]2C)c(=O)n2nc(C3=CCOCC3)nc2n1CC(=O)Nc1ccc(C(F)(F)F)cc1Cl.